The van der Waals surface area contributed by atoms with Gasteiger partial charge >= 0.3 is 0 Å². The van der Waals surface area contributed by atoms with Crippen LogP contribution in [0.1, 0.15) is 17.1 Å². The molecule has 1 N–H and O–H groups in total. The highest BCUT2D eigenvalue weighted by molar-refractivity contribution is 7.92. The average molecular weight is 308 g/mol. The van der Waals surface area contributed by atoms with Crippen LogP contribution in [0.4, 0.5) is 5.69 Å². The summed E-state index contributed by atoms with van der Waals surface area (Å²) in [5, 5.41) is 2.94. The van der Waals surface area contributed by atoms with E-state index < -0.39 is 10.0 Å². The van der Waals surface area contributed by atoms with Gasteiger partial charge in [-0.2, -0.15) is 0 Å². The Bertz CT molecular complexity index is 735. The Morgan fingerprint density at radius 1 is 1.24 bits per heavy atom. The van der Waals surface area contributed by atoms with Gasteiger partial charge in [0.15, 0.2) is 0 Å². The average Bonchev–Trinajstić information content (AvgIpc) is 2.80. The molecule has 6 heteroatoms. The van der Waals surface area contributed by atoms with Gasteiger partial charge in [0.25, 0.3) is 10.0 Å². The van der Waals surface area contributed by atoms with Crippen molar-refractivity contribution in [2.24, 2.45) is 0 Å². The summed E-state index contributed by atoms with van der Waals surface area (Å²) in [5.41, 5.74) is 1.64. The fourth-order valence-electron chi connectivity index (χ4n) is 2.15. The molecule has 0 aliphatic carbocycles. The minimum atomic E-state index is -3.63. The van der Waals surface area contributed by atoms with Gasteiger partial charge < -0.3 is 9.73 Å². The molecule has 2 rings (SSSR count). The number of aryl methyl sites for hydroxylation is 2. The molecule has 21 heavy (non-hydrogen) atoms. The molecule has 5 nitrogen and oxygen atoms in total. The van der Waals surface area contributed by atoms with Crippen LogP contribution in [-0.4, -0.2) is 22.5 Å². The number of hydrogen-bond acceptors (Lipinski definition) is 4. The van der Waals surface area contributed by atoms with Gasteiger partial charge in [-0.3, -0.25) is 4.31 Å². The summed E-state index contributed by atoms with van der Waals surface area (Å²) in [6.45, 7) is 4.08. The molecule has 0 unspecified atom stereocenters. The largest absolute Gasteiger partial charge is 0.464 e. The molecule has 1 aromatic heterocycles. The van der Waals surface area contributed by atoms with Crippen molar-refractivity contribution in [3.63, 3.8) is 0 Å². The Balaban J connectivity index is 2.42. The zero-order valence-electron chi connectivity index (χ0n) is 12.7. The van der Waals surface area contributed by atoms with Gasteiger partial charge in [-0.05, 0) is 38.6 Å². The maximum atomic E-state index is 12.7. The minimum Gasteiger partial charge on any atom is -0.464 e. The third kappa shape index (κ3) is 3.11. The SMILES string of the molecule is CNCc1cc(S(=O)(=O)N(C)c2cccc(C)c2)c(C)o1. The number of furan rings is 1. The molecule has 0 saturated heterocycles. The summed E-state index contributed by atoms with van der Waals surface area (Å²) in [6.07, 6.45) is 0. The molecule has 0 atom stereocenters. The number of rotatable bonds is 5. The zero-order chi connectivity index (χ0) is 15.6. The van der Waals surface area contributed by atoms with Crippen molar-refractivity contribution >= 4 is 15.7 Å². The van der Waals surface area contributed by atoms with Crippen molar-refractivity contribution in [2.45, 2.75) is 25.3 Å². The van der Waals surface area contributed by atoms with E-state index in [0.717, 1.165) is 5.56 Å². The van der Waals surface area contributed by atoms with E-state index in [0.29, 0.717) is 23.8 Å². The summed E-state index contributed by atoms with van der Waals surface area (Å²) in [7, 11) is -0.293. The summed E-state index contributed by atoms with van der Waals surface area (Å²) >= 11 is 0. The standard InChI is InChI=1S/C15H20N2O3S/c1-11-6-5-7-13(8-11)17(4)21(18,19)15-9-14(10-16-3)20-12(15)2/h5-9,16H,10H2,1-4H3. The zero-order valence-corrected chi connectivity index (χ0v) is 13.5. The molecule has 0 amide bonds. The van der Waals surface area contributed by atoms with Crippen LogP contribution < -0.4 is 9.62 Å². The second-order valence-corrected chi connectivity index (χ2v) is 6.91. The molecule has 1 aromatic carbocycles. The quantitative estimate of drug-likeness (QED) is 0.921. The Labute approximate surface area is 125 Å². The number of anilines is 1. The Kier molecular flexibility index (Phi) is 4.39. The lowest BCUT2D eigenvalue weighted by Crippen LogP contribution is -2.26. The number of nitrogens with zero attached hydrogens (tertiary/aromatic N) is 1. The van der Waals surface area contributed by atoms with Gasteiger partial charge in [0.1, 0.15) is 16.4 Å². The van der Waals surface area contributed by atoms with Crippen molar-refractivity contribution in [2.75, 3.05) is 18.4 Å². The maximum Gasteiger partial charge on any atom is 0.267 e. The predicted octanol–water partition coefficient (Wildman–Crippen LogP) is 2.44. The van der Waals surface area contributed by atoms with E-state index in [9.17, 15) is 8.42 Å². The minimum absolute atomic E-state index is 0.205. The number of nitrogens with one attached hydrogen (secondary N) is 1. The molecular weight excluding hydrogens is 288 g/mol. The van der Waals surface area contributed by atoms with Crippen molar-refractivity contribution < 1.29 is 12.8 Å². The van der Waals surface area contributed by atoms with Gasteiger partial charge in [0.2, 0.25) is 0 Å². The highest BCUT2D eigenvalue weighted by Gasteiger charge is 2.26. The Hall–Kier alpha value is -1.79. The molecule has 0 fully saturated rings. The first-order valence-corrected chi connectivity index (χ1v) is 8.09. The fourth-order valence-corrected chi connectivity index (χ4v) is 3.52. The van der Waals surface area contributed by atoms with Crippen molar-refractivity contribution in [1.29, 1.82) is 0 Å². The van der Waals surface area contributed by atoms with E-state index in [1.165, 1.54) is 4.31 Å². The first-order valence-electron chi connectivity index (χ1n) is 6.65. The van der Waals surface area contributed by atoms with Crippen molar-refractivity contribution in [1.82, 2.24) is 5.32 Å². The number of sulfonamides is 1. The molecule has 114 valence electrons. The second-order valence-electron chi connectivity index (χ2n) is 4.98. The van der Waals surface area contributed by atoms with Gasteiger partial charge in [-0.1, -0.05) is 12.1 Å². The van der Waals surface area contributed by atoms with E-state index in [-0.39, 0.29) is 4.90 Å². The smallest absolute Gasteiger partial charge is 0.267 e. The van der Waals surface area contributed by atoms with E-state index in [4.69, 9.17) is 4.42 Å². The lowest BCUT2D eigenvalue weighted by atomic mass is 10.2. The second kappa shape index (κ2) is 5.91. The van der Waals surface area contributed by atoms with Gasteiger partial charge in [0, 0.05) is 13.1 Å². The molecule has 0 saturated carbocycles. The van der Waals surface area contributed by atoms with E-state index in [1.807, 2.05) is 25.1 Å². The van der Waals surface area contributed by atoms with Crippen LogP contribution in [0.2, 0.25) is 0 Å². The monoisotopic (exact) mass is 308 g/mol. The number of hydrogen-bond donors (Lipinski definition) is 1. The molecule has 0 spiro atoms. The summed E-state index contributed by atoms with van der Waals surface area (Å²) < 4.78 is 32.2. The summed E-state index contributed by atoms with van der Waals surface area (Å²) in [4.78, 5) is 0.205. The number of benzene rings is 1. The molecule has 0 radical (unpaired) electrons. The summed E-state index contributed by atoms with van der Waals surface area (Å²) in [6, 6.07) is 8.95. The molecule has 0 aliphatic rings. The molecule has 0 bridgehead atoms. The van der Waals surface area contributed by atoms with Crippen LogP contribution in [-0.2, 0) is 16.6 Å². The van der Waals surface area contributed by atoms with E-state index >= 15 is 0 Å². The van der Waals surface area contributed by atoms with Crippen LogP contribution in [0, 0.1) is 13.8 Å². The van der Waals surface area contributed by atoms with Crippen LogP contribution >= 0.6 is 0 Å². The Morgan fingerprint density at radius 2 is 1.95 bits per heavy atom. The van der Waals surface area contributed by atoms with Crippen LogP contribution in [0.25, 0.3) is 0 Å². The lowest BCUT2D eigenvalue weighted by Gasteiger charge is -2.19. The van der Waals surface area contributed by atoms with E-state index in [2.05, 4.69) is 5.32 Å². The normalized spacial score (nSPS) is 11.6. The van der Waals surface area contributed by atoms with Crippen molar-refractivity contribution in [3.8, 4) is 0 Å². The topological polar surface area (TPSA) is 62.6 Å². The van der Waals surface area contributed by atoms with Crippen LogP contribution in [0.5, 0.6) is 0 Å². The molecule has 1 heterocycles. The molecular formula is C15H20N2O3S. The lowest BCUT2D eigenvalue weighted by molar-refractivity contribution is 0.466. The van der Waals surface area contributed by atoms with Crippen LogP contribution in [0.15, 0.2) is 39.6 Å². The Morgan fingerprint density at radius 3 is 2.57 bits per heavy atom. The molecule has 2 aromatic rings. The highest BCUT2D eigenvalue weighted by Crippen LogP contribution is 2.27. The summed E-state index contributed by atoms with van der Waals surface area (Å²) in [5.74, 6) is 1.01. The van der Waals surface area contributed by atoms with Crippen LogP contribution in [0.3, 0.4) is 0 Å². The first kappa shape index (κ1) is 15.6. The van der Waals surface area contributed by atoms with Gasteiger partial charge in [0.05, 0.1) is 12.2 Å². The van der Waals surface area contributed by atoms with Crippen molar-refractivity contribution in [3.05, 3.63) is 47.4 Å². The van der Waals surface area contributed by atoms with Gasteiger partial charge in [-0.15, -0.1) is 0 Å². The first-order chi connectivity index (χ1) is 9.86. The fraction of sp³-hybridized carbons (Fsp3) is 0.333. The molecule has 0 aliphatic heterocycles. The third-order valence-corrected chi connectivity index (χ3v) is 5.17. The highest BCUT2D eigenvalue weighted by atomic mass is 32.2. The third-order valence-electron chi connectivity index (χ3n) is 3.28. The van der Waals surface area contributed by atoms with E-state index in [1.54, 1.807) is 33.2 Å². The maximum absolute atomic E-state index is 12.7. The van der Waals surface area contributed by atoms with Gasteiger partial charge in [-0.25, -0.2) is 8.42 Å². The predicted molar refractivity (Wildman–Crippen MR) is 83.0 cm³/mol.